The molecule has 0 aromatic heterocycles. The van der Waals surface area contributed by atoms with Gasteiger partial charge in [0.25, 0.3) is 0 Å². The van der Waals surface area contributed by atoms with E-state index in [1.54, 1.807) is 0 Å². The predicted molar refractivity (Wildman–Crippen MR) is 76.1 cm³/mol. The standard InChI is InChI=1S/C16H24O3/c1-4-18-9-10-19-16(17)12-15-7-5-14(6-8-15)11-13(2)3/h5-8,13H,4,9-12H2,1-3H3. The van der Waals surface area contributed by atoms with Gasteiger partial charge in [-0.2, -0.15) is 0 Å². The third-order valence-electron chi connectivity index (χ3n) is 2.71. The number of hydrogen-bond donors (Lipinski definition) is 0. The van der Waals surface area contributed by atoms with Gasteiger partial charge in [-0.15, -0.1) is 0 Å². The predicted octanol–water partition coefficient (Wildman–Crippen LogP) is 3.01. The maximum Gasteiger partial charge on any atom is 0.310 e. The van der Waals surface area contributed by atoms with E-state index in [1.807, 2.05) is 19.1 Å². The minimum atomic E-state index is -0.198. The minimum Gasteiger partial charge on any atom is -0.463 e. The van der Waals surface area contributed by atoms with Crippen LogP contribution in [0.5, 0.6) is 0 Å². The summed E-state index contributed by atoms with van der Waals surface area (Å²) in [6, 6.07) is 8.18. The third kappa shape index (κ3) is 6.97. The average molecular weight is 264 g/mol. The van der Waals surface area contributed by atoms with Crippen molar-refractivity contribution in [3.8, 4) is 0 Å². The van der Waals surface area contributed by atoms with Crippen molar-refractivity contribution in [2.45, 2.75) is 33.6 Å². The van der Waals surface area contributed by atoms with E-state index in [9.17, 15) is 4.79 Å². The Morgan fingerprint density at radius 2 is 1.74 bits per heavy atom. The molecular weight excluding hydrogens is 240 g/mol. The Bertz CT molecular complexity index is 368. The van der Waals surface area contributed by atoms with Gasteiger partial charge in [-0.1, -0.05) is 38.1 Å². The lowest BCUT2D eigenvalue weighted by molar-refractivity contribution is -0.144. The highest BCUT2D eigenvalue weighted by molar-refractivity contribution is 5.72. The molecule has 0 aliphatic carbocycles. The van der Waals surface area contributed by atoms with E-state index in [4.69, 9.17) is 9.47 Å². The third-order valence-corrected chi connectivity index (χ3v) is 2.71. The molecule has 1 rings (SSSR count). The number of carbonyl (C=O) groups excluding carboxylic acids is 1. The van der Waals surface area contributed by atoms with Crippen LogP contribution in [0.3, 0.4) is 0 Å². The van der Waals surface area contributed by atoms with Crippen molar-refractivity contribution >= 4 is 5.97 Å². The number of esters is 1. The minimum absolute atomic E-state index is 0.198. The quantitative estimate of drug-likeness (QED) is 0.535. The second-order valence-electron chi connectivity index (χ2n) is 5.01. The number of benzene rings is 1. The topological polar surface area (TPSA) is 35.5 Å². The van der Waals surface area contributed by atoms with Crippen molar-refractivity contribution in [2.75, 3.05) is 19.8 Å². The lowest BCUT2D eigenvalue weighted by Crippen LogP contribution is -2.12. The molecule has 0 aliphatic rings. The van der Waals surface area contributed by atoms with E-state index >= 15 is 0 Å². The van der Waals surface area contributed by atoms with Crippen LogP contribution in [0.1, 0.15) is 31.9 Å². The summed E-state index contributed by atoms with van der Waals surface area (Å²) in [5.74, 6) is 0.450. The molecule has 0 spiro atoms. The van der Waals surface area contributed by atoms with Gasteiger partial charge in [-0.3, -0.25) is 4.79 Å². The van der Waals surface area contributed by atoms with Crippen molar-refractivity contribution in [3.05, 3.63) is 35.4 Å². The molecule has 1 aromatic rings. The first-order chi connectivity index (χ1) is 9.11. The van der Waals surface area contributed by atoms with Crippen molar-refractivity contribution in [1.82, 2.24) is 0 Å². The molecule has 0 fully saturated rings. The number of ether oxygens (including phenoxy) is 2. The van der Waals surface area contributed by atoms with Gasteiger partial charge >= 0.3 is 5.97 Å². The van der Waals surface area contributed by atoms with Gasteiger partial charge in [0.05, 0.1) is 13.0 Å². The molecule has 0 N–H and O–H groups in total. The molecule has 0 bridgehead atoms. The fourth-order valence-corrected chi connectivity index (χ4v) is 1.84. The first-order valence-electron chi connectivity index (χ1n) is 6.93. The SMILES string of the molecule is CCOCCOC(=O)Cc1ccc(CC(C)C)cc1. The Hall–Kier alpha value is -1.35. The normalized spacial score (nSPS) is 10.7. The van der Waals surface area contributed by atoms with E-state index in [1.165, 1.54) is 5.56 Å². The zero-order valence-electron chi connectivity index (χ0n) is 12.1. The summed E-state index contributed by atoms with van der Waals surface area (Å²) in [5.41, 5.74) is 2.30. The second kappa shape index (κ2) is 8.70. The summed E-state index contributed by atoms with van der Waals surface area (Å²) in [4.78, 5) is 11.6. The molecule has 0 heterocycles. The molecule has 0 amide bonds. The molecule has 0 aliphatic heterocycles. The summed E-state index contributed by atoms with van der Waals surface area (Å²) in [6.07, 6.45) is 1.40. The smallest absolute Gasteiger partial charge is 0.310 e. The van der Waals surface area contributed by atoms with Crippen LogP contribution in [0.15, 0.2) is 24.3 Å². The molecule has 19 heavy (non-hydrogen) atoms. The molecule has 0 saturated heterocycles. The van der Waals surface area contributed by atoms with Gasteiger partial charge in [0.2, 0.25) is 0 Å². The lowest BCUT2D eigenvalue weighted by atomic mass is 10.0. The molecular formula is C16H24O3. The highest BCUT2D eigenvalue weighted by Gasteiger charge is 2.05. The molecule has 3 heteroatoms. The molecule has 106 valence electrons. The summed E-state index contributed by atoms with van der Waals surface area (Å²) in [7, 11) is 0. The van der Waals surface area contributed by atoms with Gasteiger partial charge < -0.3 is 9.47 Å². The zero-order chi connectivity index (χ0) is 14.1. The molecule has 0 atom stereocenters. The van der Waals surface area contributed by atoms with Crippen LogP contribution in [0.4, 0.5) is 0 Å². The van der Waals surface area contributed by atoms with Crippen molar-refractivity contribution in [2.24, 2.45) is 5.92 Å². The monoisotopic (exact) mass is 264 g/mol. The Morgan fingerprint density at radius 3 is 2.32 bits per heavy atom. The summed E-state index contributed by atoms with van der Waals surface area (Å²) < 4.78 is 10.2. The fourth-order valence-electron chi connectivity index (χ4n) is 1.84. The van der Waals surface area contributed by atoms with Gasteiger partial charge in [0.1, 0.15) is 6.61 Å². The van der Waals surface area contributed by atoms with Crippen molar-refractivity contribution in [1.29, 1.82) is 0 Å². The molecule has 0 saturated carbocycles. The van der Waals surface area contributed by atoms with E-state index in [-0.39, 0.29) is 5.97 Å². The summed E-state index contributed by atoms with van der Waals surface area (Å²) in [6.45, 7) is 7.76. The Morgan fingerprint density at radius 1 is 1.11 bits per heavy atom. The van der Waals surface area contributed by atoms with Crippen LogP contribution in [0.2, 0.25) is 0 Å². The van der Waals surface area contributed by atoms with Crippen LogP contribution >= 0.6 is 0 Å². The van der Waals surface area contributed by atoms with Gasteiger partial charge in [0.15, 0.2) is 0 Å². The van der Waals surface area contributed by atoms with Gasteiger partial charge in [-0.25, -0.2) is 0 Å². The van der Waals surface area contributed by atoms with Crippen LogP contribution in [0, 0.1) is 5.92 Å². The summed E-state index contributed by atoms with van der Waals surface area (Å²) in [5, 5.41) is 0. The molecule has 0 unspecified atom stereocenters. The van der Waals surface area contributed by atoms with E-state index in [0.29, 0.717) is 32.2 Å². The maximum atomic E-state index is 11.6. The number of hydrogen-bond acceptors (Lipinski definition) is 3. The molecule has 1 aromatic carbocycles. The lowest BCUT2D eigenvalue weighted by Gasteiger charge is -2.07. The Kier molecular flexibility index (Phi) is 7.19. The Balaban J connectivity index is 2.34. The zero-order valence-corrected chi connectivity index (χ0v) is 12.1. The number of carbonyl (C=O) groups is 1. The first kappa shape index (κ1) is 15.7. The average Bonchev–Trinajstić information content (AvgIpc) is 2.36. The molecule has 3 nitrogen and oxygen atoms in total. The van der Waals surface area contributed by atoms with Crippen molar-refractivity contribution < 1.29 is 14.3 Å². The Labute approximate surface area is 115 Å². The van der Waals surface area contributed by atoms with E-state index in [2.05, 4.69) is 26.0 Å². The highest BCUT2D eigenvalue weighted by Crippen LogP contribution is 2.10. The van der Waals surface area contributed by atoms with Gasteiger partial charge in [0, 0.05) is 6.61 Å². The van der Waals surface area contributed by atoms with Crippen LogP contribution in [-0.2, 0) is 27.1 Å². The summed E-state index contributed by atoms with van der Waals surface area (Å²) >= 11 is 0. The number of rotatable bonds is 8. The maximum absolute atomic E-state index is 11.6. The fraction of sp³-hybridized carbons (Fsp3) is 0.562. The van der Waals surface area contributed by atoms with Crippen LogP contribution in [0.25, 0.3) is 0 Å². The second-order valence-corrected chi connectivity index (χ2v) is 5.01. The highest BCUT2D eigenvalue weighted by atomic mass is 16.6. The first-order valence-corrected chi connectivity index (χ1v) is 6.93. The van der Waals surface area contributed by atoms with Crippen molar-refractivity contribution in [3.63, 3.8) is 0 Å². The van der Waals surface area contributed by atoms with Crippen LogP contribution in [-0.4, -0.2) is 25.8 Å². The largest absolute Gasteiger partial charge is 0.463 e. The van der Waals surface area contributed by atoms with Crippen LogP contribution < -0.4 is 0 Å². The van der Waals surface area contributed by atoms with E-state index in [0.717, 1.165) is 12.0 Å². The molecule has 0 radical (unpaired) electrons. The van der Waals surface area contributed by atoms with Gasteiger partial charge in [-0.05, 0) is 30.4 Å². The van der Waals surface area contributed by atoms with E-state index < -0.39 is 0 Å².